The summed E-state index contributed by atoms with van der Waals surface area (Å²) < 4.78 is 29.1. The number of benzene rings is 1. The van der Waals surface area contributed by atoms with Crippen molar-refractivity contribution in [2.75, 3.05) is 12.9 Å². The smallest absolute Gasteiger partial charge is 0.180 e. The van der Waals surface area contributed by atoms with E-state index in [1.54, 1.807) is 19.2 Å². The largest absolute Gasteiger partial charge is 0.497 e. The topological polar surface area (TPSA) is 55.4 Å². The van der Waals surface area contributed by atoms with Crippen molar-refractivity contribution in [2.24, 2.45) is 0 Å². The molecule has 5 heteroatoms. The Balaban J connectivity index is 2.02. The first kappa shape index (κ1) is 11.0. The summed E-state index contributed by atoms with van der Waals surface area (Å²) in [6, 6.07) is 5.61. The monoisotopic (exact) mass is 253 g/mol. The van der Waals surface area contributed by atoms with Crippen molar-refractivity contribution in [1.29, 1.82) is 0 Å². The lowest BCUT2D eigenvalue weighted by atomic mass is 10.1. The molecule has 0 spiro atoms. The first-order valence-electron chi connectivity index (χ1n) is 5.77. The van der Waals surface area contributed by atoms with E-state index in [0.717, 1.165) is 18.4 Å². The van der Waals surface area contributed by atoms with Crippen molar-refractivity contribution in [3.8, 4) is 5.75 Å². The molecule has 1 unspecified atom stereocenters. The molecular weight excluding hydrogens is 238 g/mol. The Bertz CT molecular complexity index is 549. The van der Waals surface area contributed by atoms with Gasteiger partial charge < -0.3 is 10.1 Å². The summed E-state index contributed by atoms with van der Waals surface area (Å²) in [6.07, 6.45) is 2.30. The highest BCUT2D eigenvalue weighted by Crippen LogP contribution is 2.37. The summed E-state index contributed by atoms with van der Waals surface area (Å²) in [5, 5.41) is 3.38. The Labute approximate surface area is 101 Å². The third kappa shape index (κ3) is 1.93. The first-order valence-corrected chi connectivity index (χ1v) is 7.42. The van der Waals surface area contributed by atoms with E-state index in [-0.39, 0.29) is 11.8 Å². The zero-order valence-corrected chi connectivity index (χ0v) is 10.5. The Hall–Kier alpha value is -1.07. The maximum Gasteiger partial charge on any atom is 0.180 e. The van der Waals surface area contributed by atoms with Gasteiger partial charge >= 0.3 is 0 Å². The highest BCUT2D eigenvalue weighted by molar-refractivity contribution is 7.91. The number of methoxy groups -OCH3 is 1. The molecule has 0 saturated heterocycles. The van der Waals surface area contributed by atoms with E-state index in [0.29, 0.717) is 16.7 Å². The van der Waals surface area contributed by atoms with Crippen LogP contribution < -0.4 is 10.1 Å². The molecule has 1 aliphatic heterocycles. The maximum absolute atomic E-state index is 12.0. The maximum atomic E-state index is 12.0. The molecule has 0 radical (unpaired) electrons. The molecule has 1 aromatic rings. The van der Waals surface area contributed by atoms with Crippen LogP contribution in [-0.4, -0.2) is 27.3 Å². The molecule has 0 bridgehead atoms. The van der Waals surface area contributed by atoms with Gasteiger partial charge in [-0.25, -0.2) is 8.42 Å². The van der Waals surface area contributed by atoms with Crippen molar-refractivity contribution in [2.45, 2.75) is 29.8 Å². The summed E-state index contributed by atoms with van der Waals surface area (Å²) in [7, 11) is -1.52. The molecular formula is C12H15NO3S. The number of rotatable bonds is 3. The minimum atomic E-state index is -3.12. The van der Waals surface area contributed by atoms with E-state index >= 15 is 0 Å². The second-order valence-corrected chi connectivity index (χ2v) is 6.68. The average Bonchev–Trinajstić information content (AvgIpc) is 3.06. The molecule has 0 aromatic heterocycles. The molecule has 1 atom stereocenters. The van der Waals surface area contributed by atoms with Gasteiger partial charge in [0.15, 0.2) is 9.84 Å². The lowest BCUT2D eigenvalue weighted by Crippen LogP contribution is -2.24. The van der Waals surface area contributed by atoms with Crippen LogP contribution >= 0.6 is 0 Å². The van der Waals surface area contributed by atoms with Gasteiger partial charge in [-0.05, 0) is 36.6 Å². The zero-order chi connectivity index (χ0) is 12.0. The van der Waals surface area contributed by atoms with Gasteiger partial charge in [0, 0.05) is 12.1 Å². The summed E-state index contributed by atoms with van der Waals surface area (Å²) in [5.41, 5.74) is 0.858. The highest BCUT2D eigenvalue weighted by Gasteiger charge is 2.37. The van der Waals surface area contributed by atoms with E-state index in [9.17, 15) is 8.42 Å². The molecule has 1 N–H and O–H groups in total. The van der Waals surface area contributed by atoms with Gasteiger partial charge in [0.1, 0.15) is 5.75 Å². The van der Waals surface area contributed by atoms with E-state index in [4.69, 9.17) is 4.74 Å². The van der Waals surface area contributed by atoms with Gasteiger partial charge in [0.2, 0.25) is 0 Å². The fraction of sp³-hybridized carbons (Fsp3) is 0.500. The predicted octanol–water partition coefficient (Wildman–Crippen LogP) is 1.28. The second-order valence-electron chi connectivity index (χ2n) is 4.68. The van der Waals surface area contributed by atoms with Crippen LogP contribution in [0.4, 0.5) is 0 Å². The number of ether oxygens (including phenoxy) is 1. The van der Waals surface area contributed by atoms with E-state index in [2.05, 4.69) is 5.32 Å². The SMILES string of the molecule is COc1ccc2c(c1)C(NC1CC1)CS2(=O)=O. The Morgan fingerprint density at radius 1 is 1.35 bits per heavy atom. The predicted molar refractivity (Wildman–Crippen MR) is 63.9 cm³/mol. The summed E-state index contributed by atoms with van der Waals surface area (Å²) in [6.45, 7) is 0. The van der Waals surface area contributed by atoms with Gasteiger partial charge in [-0.15, -0.1) is 0 Å². The lowest BCUT2D eigenvalue weighted by molar-refractivity contribution is 0.413. The van der Waals surface area contributed by atoms with Crippen molar-refractivity contribution in [1.82, 2.24) is 5.32 Å². The Morgan fingerprint density at radius 2 is 2.12 bits per heavy atom. The van der Waals surface area contributed by atoms with Gasteiger partial charge in [0.05, 0.1) is 17.8 Å². The molecule has 3 rings (SSSR count). The zero-order valence-electron chi connectivity index (χ0n) is 9.64. The van der Waals surface area contributed by atoms with Gasteiger partial charge in [-0.3, -0.25) is 0 Å². The van der Waals surface area contributed by atoms with Crippen molar-refractivity contribution >= 4 is 9.84 Å². The van der Waals surface area contributed by atoms with Crippen LogP contribution in [0, 0.1) is 0 Å². The number of hydrogen-bond donors (Lipinski definition) is 1. The number of fused-ring (bicyclic) bond motifs is 1. The molecule has 1 fully saturated rings. The van der Waals surface area contributed by atoms with E-state index in [1.165, 1.54) is 0 Å². The molecule has 1 aliphatic carbocycles. The number of hydrogen-bond acceptors (Lipinski definition) is 4. The third-order valence-corrected chi connectivity index (χ3v) is 5.14. The highest BCUT2D eigenvalue weighted by atomic mass is 32.2. The van der Waals surface area contributed by atoms with Crippen molar-refractivity contribution in [3.63, 3.8) is 0 Å². The van der Waals surface area contributed by atoms with Crippen LogP contribution in [0.5, 0.6) is 5.75 Å². The molecule has 4 nitrogen and oxygen atoms in total. The Morgan fingerprint density at radius 3 is 2.76 bits per heavy atom. The molecule has 0 amide bonds. The van der Waals surface area contributed by atoms with Crippen LogP contribution in [0.3, 0.4) is 0 Å². The molecule has 2 aliphatic rings. The van der Waals surface area contributed by atoms with Crippen LogP contribution in [0.2, 0.25) is 0 Å². The fourth-order valence-electron chi connectivity index (χ4n) is 2.28. The molecule has 1 aromatic carbocycles. The lowest BCUT2D eigenvalue weighted by Gasteiger charge is -2.12. The van der Waals surface area contributed by atoms with Crippen LogP contribution in [0.25, 0.3) is 0 Å². The molecule has 1 heterocycles. The van der Waals surface area contributed by atoms with Crippen LogP contribution in [-0.2, 0) is 9.84 Å². The van der Waals surface area contributed by atoms with E-state index in [1.807, 2.05) is 6.07 Å². The van der Waals surface area contributed by atoms with Crippen LogP contribution in [0.15, 0.2) is 23.1 Å². The van der Waals surface area contributed by atoms with Crippen LogP contribution in [0.1, 0.15) is 24.4 Å². The quantitative estimate of drug-likeness (QED) is 0.881. The molecule has 1 saturated carbocycles. The second kappa shape index (κ2) is 3.71. The standard InChI is InChI=1S/C12H15NO3S/c1-16-9-4-5-12-10(6-9)11(7-17(12,14)15)13-8-2-3-8/h4-6,8,11,13H,2-3,7H2,1H3. The van der Waals surface area contributed by atoms with Crippen molar-refractivity contribution in [3.05, 3.63) is 23.8 Å². The van der Waals surface area contributed by atoms with Crippen molar-refractivity contribution < 1.29 is 13.2 Å². The van der Waals surface area contributed by atoms with Gasteiger partial charge in [0.25, 0.3) is 0 Å². The van der Waals surface area contributed by atoms with E-state index < -0.39 is 9.84 Å². The molecule has 17 heavy (non-hydrogen) atoms. The third-order valence-electron chi connectivity index (χ3n) is 3.33. The average molecular weight is 253 g/mol. The first-order chi connectivity index (χ1) is 8.10. The van der Waals surface area contributed by atoms with Gasteiger partial charge in [-0.2, -0.15) is 0 Å². The minimum Gasteiger partial charge on any atom is -0.497 e. The fourth-order valence-corrected chi connectivity index (χ4v) is 4.01. The Kier molecular flexibility index (Phi) is 2.41. The van der Waals surface area contributed by atoms with Gasteiger partial charge in [-0.1, -0.05) is 0 Å². The summed E-state index contributed by atoms with van der Waals surface area (Å²) in [5.74, 6) is 0.884. The summed E-state index contributed by atoms with van der Waals surface area (Å²) >= 11 is 0. The molecule has 92 valence electrons. The minimum absolute atomic E-state index is 0.0717. The number of sulfone groups is 1. The number of nitrogens with one attached hydrogen (secondary N) is 1. The normalized spacial score (nSPS) is 25.6. The summed E-state index contributed by atoms with van der Waals surface area (Å²) in [4.78, 5) is 0.455.